The Morgan fingerprint density at radius 2 is 1.81 bits per heavy atom. The number of aryl methyl sites for hydroxylation is 2. The first-order chi connectivity index (χ1) is 15.2. The lowest BCUT2D eigenvalue weighted by atomic mass is 10.2. The number of fused-ring (bicyclic) bond motifs is 3. The first kappa shape index (κ1) is 19.3. The number of pyridine rings is 1. The molecular formula is C24H22N4O3. The highest BCUT2D eigenvalue weighted by Gasteiger charge is 2.16. The van der Waals surface area contributed by atoms with E-state index in [0.29, 0.717) is 25.6 Å². The Morgan fingerprint density at radius 3 is 2.61 bits per heavy atom. The third kappa shape index (κ3) is 3.75. The third-order valence-corrected chi connectivity index (χ3v) is 5.28. The number of imidazole rings is 1. The van der Waals surface area contributed by atoms with E-state index in [1.54, 1.807) is 0 Å². The third-order valence-electron chi connectivity index (χ3n) is 5.28. The molecule has 0 unspecified atom stereocenters. The van der Waals surface area contributed by atoms with E-state index in [0.717, 1.165) is 44.7 Å². The Bertz CT molecular complexity index is 1320. The summed E-state index contributed by atoms with van der Waals surface area (Å²) in [6, 6.07) is 17.6. The van der Waals surface area contributed by atoms with Gasteiger partial charge in [-0.2, -0.15) is 0 Å². The van der Waals surface area contributed by atoms with Crippen molar-refractivity contribution in [3.63, 3.8) is 0 Å². The fraction of sp³-hybridized carbons (Fsp3) is 0.208. The summed E-state index contributed by atoms with van der Waals surface area (Å²) in [5.41, 5.74) is 4.44. The molecule has 0 bridgehead atoms. The first-order valence-corrected chi connectivity index (χ1v) is 10.2. The van der Waals surface area contributed by atoms with Crippen molar-refractivity contribution in [3.8, 4) is 11.6 Å². The molecule has 0 amide bonds. The van der Waals surface area contributed by atoms with Gasteiger partial charge in [0.1, 0.15) is 11.5 Å². The molecule has 7 nitrogen and oxygen atoms in total. The van der Waals surface area contributed by atoms with Gasteiger partial charge in [0, 0.05) is 17.5 Å². The van der Waals surface area contributed by atoms with Crippen LogP contribution in [-0.4, -0.2) is 26.3 Å². The minimum absolute atomic E-state index is 0.471. The summed E-state index contributed by atoms with van der Waals surface area (Å²) >= 11 is 0. The molecule has 0 saturated carbocycles. The van der Waals surface area contributed by atoms with E-state index >= 15 is 0 Å². The highest BCUT2D eigenvalue weighted by Crippen LogP contribution is 2.32. The lowest BCUT2D eigenvalue weighted by Gasteiger charge is -2.10. The van der Waals surface area contributed by atoms with Crippen LogP contribution in [-0.2, 0) is 17.9 Å². The zero-order chi connectivity index (χ0) is 21.2. The van der Waals surface area contributed by atoms with Gasteiger partial charge >= 0.3 is 0 Å². The largest absolute Gasteiger partial charge is 0.437 e. The molecule has 156 valence electrons. The van der Waals surface area contributed by atoms with Gasteiger partial charge in [0.05, 0.1) is 36.3 Å². The molecule has 31 heavy (non-hydrogen) atoms. The quantitative estimate of drug-likeness (QED) is 0.341. The van der Waals surface area contributed by atoms with Gasteiger partial charge in [0.15, 0.2) is 5.52 Å². The molecule has 0 atom stereocenters. The number of rotatable bonds is 7. The van der Waals surface area contributed by atoms with Crippen LogP contribution in [0.2, 0.25) is 0 Å². The molecule has 5 aromatic rings. The summed E-state index contributed by atoms with van der Waals surface area (Å²) < 4.78 is 19.3. The van der Waals surface area contributed by atoms with Gasteiger partial charge in [0.25, 0.3) is 0 Å². The average Bonchev–Trinajstić information content (AvgIpc) is 3.36. The van der Waals surface area contributed by atoms with E-state index in [2.05, 4.69) is 20.8 Å². The number of hydrogen-bond donors (Lipinski definition) is 0. The second kappa shape index (κ2) is 8.20. The molecule has 0 radical (unpaired) electrons. The molecule has 0 aliphatic carbocycles. The van der Waals surface area contributed by atoms with E-state index in [4.69, 9.17) is 19.0 Å². The van der Waals surface area contributed by atoms with Crippen LogP contribution in [0.1, 0.15) is 17.0 Å². The Labute approximate surface area is 179 Å². The minimum Gasteiger partial charge on any atom is -0.437 e. The molecule has 0 aliphatic rings. The maximum absolute atomic E-state index is 6.08. The predicted molar refractivity (Wildman–Crippen MR) is 117 cm³/mol. The first-order valence-electron chi connectivity index (χ1n) is 10.2. The van der Waals surface area contributed by atoms with Crippen molar-refractivity contribution < 1.29 is 14.0 Å². The van der Waals surface area contributed by atoms with Crippen molar-refractivity contribution in [2.75, 3.05) is 6.61 Å². The van der Waals surface area contributed by atoms with Crippen LogP contribution in [0.25, 0.3) is 21.9 Å². The molecule has 0 saturated heterocycles. The fourth-order valence-corrected chi connectivity index (χ4v) is 3.64. The minimum atomic E-state index is 0.471. The van der Waals surface area contributed by atoms with Crippen molar-refractivity contribution in [2.45, 2.75) is 27.0 Å². The van der Waals surface area contributed by atoms with Crippen molar-refractivity contribution >= 4 is 21.9 Å². The lowest BCUT2D eigenvalue weighted by molar-refractivity contribution is 0.112. The van der Waals surface area contributed by atoms with Gasteiger partial charge in [-0.3, -0.25) is 0 Å². The highest BCUT2D eigenvalue weighted by molar-refractivity contribution is 6.04. The van der Waals surface area contributed by atoms with Gasteiger partial charge in [0.2, 0.25) is 5.88 Å². The van der Waals surface area contributed by atoms with E-state index < -0.39 is 0 Å². The monoisotopic (exact) mass is 414 g/mol. The smallest absolute Gasteiger partial charge is 0.248 e. The Kier molecular flexibility index (Phi) is 5.09. The number of benzene rings is 2. The molecule has 3 heterocycles. The maximum atomic E-state index is 6.08. The normalized spacial score (nSPS) is 11.4. The van der Waals surface area contributed by atoms with Crippen LogP contribution >= 0.6 is 0 Å². The molecule has 0 spiro atoms. The maximum Gasteiger partial charge on any atom is 0.248 e. The summed E-state index contributed by atoms with van der Waals surface area (Å²) in [5, 5.41) is 5.00. The number of aromatic nitrogens is 4. The van der Waals surface area contributed by atoms with Gasteiger partial charge in [-0.1, -0.05) is 41.6 Å². The number of para-hydroxylation sites is 2. The van der Waals surface area contributed by atoms with Crippen molar-refractivity contribution in [1.29, 1.82) is 0 Å². The second-order valence-electron chi connectivity index (χ2n) is 7.34. The van der Waals surface area contributed by atoms with Crippen LogP contribution in [0.5, 0.6) is 11.6 Å². The molecule has 0 aliphatic heterocycles. The summed E-state index contributed by atoms with van der Waals surface area (Å²) in [7, 11) is 0. The summed E-state index contributed by atoms with van der Waals surface area (Å²) in [6.07, 6.45) is 1.82. The molecular weight excluding hydrogens is 392 g/mol. The average molecular weight is 414 g/mol. The second-order valence-corrected chi connectivity index (χ2v) is 7.34. The summed E-state index contributed by atoms with van der Waals surface area (Å²) in [6.45, 7) is 5.47. The number of ether oxygens (including phenoxy) is 2. The molecule has 0 fully saturated rings. The van der Waals surface area contributed by atoms with Crippen LogP contribution in [0.3, 0.4) is 0 Å². The van der Waals surface area contributed by atoms with Crippen LogP contribution in [0.15, 0.2) is 65.4 Å². The predicted octanol–water partition coefficient (Wildman–Crippen LogP) is 5.20. The zero-order valence-electron chi connectivity index (χ0n) is 17.4. The molecule has 5 rings (SSSR count). The Hall–Kier alpha value is -3.71. The molecule has 3 aromatic heterocycles. The fourth-order valence-electron chi connectivity index (χ4n) is 3.64. The van der Waals surface area contributed by atoms with Crippen molar-refractivity contribution in [1.82, 2.24) is 19.7 Å². The van der Waals surface area contributed by atoms with Gasteiger partial charge in [-0.05, 0) is 32.0 Å². The SMILES string of the molecule is Cc1noc(C)c1COCCn1cnc2c(Oc3ccccc3)nc3ccccc3c21. The standard InChI is InChI=1S/C24H22N4O3/c1-16-20(17(2)31-27-16)14-29-13-12-28-15-25-22-23(28)19-10-6-7-11-21(19)26-24(22)30-18-8-4-3-5-9-18/h3-11,15H,12-14H2,1-2H3. The lowest BCUT2D eigenvalue weighted by Crippen LogP contribution is -2.06. The van der Waals surface area contributed by atoms with Crippen LogP contribution < -0.4 is 4.74 Å². The zero-order valence-corrected chi connectivity index (χ0v) is 17.4. The van der Waals surface area contributed by atoms with Crippen molar-refractivity contribution in [2.24, 2.45) is 0 Å². The van der Waals surface area contributed by atoms with Gasteiger partial charge in [-0.25, -0.2) is 9.97 Å². The molecule has 2 aromatic carbocycles. The van der Waals surface area contributed by atoms with Gasteiger partial charge < -0.3 is 18.6 Å². The number of hydrogen-bond acceptors (Lipinski definition) is 6. The highest BCUT2D eigenvalue weighted by atomic mass is 16.5. The van der Waals surface area contributed by atoms with E-state index in [1.165, 1.54) is 0 Å². The summed E-state index contributed by atoms with van der Waals surface area (Å²) in [4.78, 5) is 9.33. The summed E-state index contributed by atoms with van der Waals surface area (Å²) in [5.74, 6) is 2.02. The van der Waals surface area contributed by atoms with Crippen LogP contribution in [0, 0.1) is 13.8 Å². The molecule has 7 heteroatoms. The molecule has 0 N–H and O–H groups in total. The topological polar surface area (TPSA) is 75.2 Å². The van der Waals surface area contributed by atoms with Crippen LogP contribution in [0.4, 0.5) is 0 Å². The van der Waals surface area contributed by atoms with Crippen molar-refractivity contribution in [3.05, 3.63) is 77.9 Å². The Morgan fingerprint density at radius 1 is 1.00 bits per heavy atom. The Balaban J connectivity index is 1.43. The van der Waals surface area contributed by atoms with E-state index in [-0.39, 0.29) is 0 Å². The van der Waals surface area contributed by atoms with E-state index in [1.807, 2.05) is 68.7 Å². The van der Waals surface area contributed by atoms with Gasteiger partial charge in [-0.15, -0.1) is 0 Å². The number of nitrogens with zero attached hydrogens (tertiary/aromatic N) is 4. The van der Waals surface area contributed by atoms with E-state index in [9.17, 15) is 0 Å².